The molecule has 0 bridgehead atoms. The molecule has 3 rings (SSSR count). The summed E-state index contributed by atoms with van der Waals surface area (Å²) in [5.41, 5.74) is 0. The van der Waals surface area contributed by atoms with Crippen LogP contribution in [0.2, 0.25) is 0 Å². The van der Waals surface area contributed by atoms with E-state index in [2.05, 4.69) is 10.3 Å². The zero-order valence-corrected chi connectivity index (χ0v) is 13.5. The van der Waals surface area contributed by atoms with Gasteiger partial charge in [-0.1, -0.05) is 17.8 Å². The molecular weight excluding hydrogens is 298 g/mol. The molecule has 0 unspecified atom stereocenters. The Labute approximate surface area is 134 Å². The quantitative estimate of drug-likeness (QED) is 0.855. The first-order valence-electron chi connectivity index (χ1n) is 7.69. The van der Waals surface area contributed by atoms with Crippen LogP contribution >= 0.6 is 11.8 Å². The average Bonchev–Trinajstić information content (AvgIpc) is 2.95. The monoisotopic (exact) mass is 319 g/mol. The number of hydrogen-bond acceptors (Lipinski definition) is 4. The lowest BCUT2D eigenvalue weighted by Gasteiger charge is -2.24. The number of rotatable bonds is 4. The highest BCUT2D eigenvalue weighted by molar-refractivity contribution is 7.99. The summed E-state index contributed by atoms with van der Waals surface area (Å²) >= 11 is 1.47. The predicted molar refractivity (Wildman–Crippen MR) is 85.4 cm³/mol. The van der Waals surface area contributed by atoms with Gasteiger partial charge < -0.3 is 10.2 Å². The van der Waals surface area contributed by atoms with Crippen LogP contribution in [0.4, 0.5) is 0 Å². The van der Waals surface area contributed by atoms with Crippen molar-refractivity contribution in [1.82, 2.24) is 15.2 Å². The molecule has 0 spiro atoms. The third-order valence-corrected chi connectivity index (χ3v) is 5.68. The van der Waals surface area contributed by atoms with E-state index in [1.54, 1.807) is 6.20 Å². The summed E-state index contributed by atoms with van der Waals surface area (Å²) in [6.07, 6.45) is 4.31. The fourth-order valence-corrected chi connectivity index (χ4v) is 4.21. The minimum Gasteiger partial charge on any atom is -0.356 e. The van der Waals surface area contributed by atoms with Gasteiger partial charge in [-0.3, -0.25) is 9.59 Å². The molecule has 2 amide bonds. The molecule has 1 aromatic heterocycles. The van der Waals surface area contributed by atoms with Crippen LogP contribution in [0.15, 0.2) is 29.4 Å². The second kappa shape index (κ2) is 6.69. The number of nitrogens with zero attached hydrogens (tertiary/aromatic N) is 2. The second-order valence-corrected chi connectivity index (χ2v) is 7.11. The Morgan fingerprint density at radius 1 is 1.41 bits per heavy atom. The maximum atomic E-state index is 12.4. The molecule has 0 aromatic carbocycles. The Morgan fingerprint density at radius 3 is 3.00 bits per heavy atom. The Balaban J connectivity index is 1.52. The third kappa shape index (κ3) is 3.43. The molecule has 1 saturated carbocycles. The predicted octanol–water partition coefficient (Wildman–Crippen LogP) is 1.55. The van der Waals surface area contributed by atoms with Crippen LogP contribution in [0.3, 0.4) is 0 Å². The number of thioether (sulfide) groups is 1. The molecule has 22 heavy (non-hydrogen) atoms. The van der Waals surface area contributed by atoms with E-state index in [9.17, 15) is 9.59 Å². The normalized spacial score (nSPS) is 27.1. The van der Waals surface area contributed by atoms with E-state index in [0.29, 0.717) is 24.0 Å². The summed E-state index contributed by atoms with van der Waals surface area (Å²) in [7, 11) is 1.89. The molecule has 1 saturated heterocycles. The molecule has 5 nitrogen and oxygen atoms in total. The fourth-order valence-electron chi connectivity index (χ4n) is 3.43. The van der Waals surface area contributed by atoms with Crippen LogP contribution in [0, 0.1) is 11.8 Å². The lowest BCUT2D eigenvalue weighted by Crippen LogP contribution is -2.38. The number of carbonyl (C=O) groups excluding carboxylic acids is 2. The summed E-state index contributed by atoms with van der Waals surface area (Å²) in [6, 6.07) is 5.97. The maximum Gasteiger partial charge on any atom is 0.232 e. The van der Waals surface area contributed by atoms with Gasteiger partial charge in [-0.05, 0) is 36.8 Å². The summed E-state index contributed by atoms with van der Waals surface area (Å²) in [6.45, 7) is 0.769. The maximum absolute atomic E-state index is 12.4. The fraction of sp³-hybridized carbons (Fsp3) is 0.562. The van der Waals surface area contributed by atoms with E-state index in [0.717, 1.165) is 24.4 Å². The van der Waals surface area contributed by atoms with Gasteiger partial charge >= 0.3 is 0 Å². The van der Waals surface area contributed by atoms with Gasteiger partial charge in [-0.15, -0.1) is 0 Å². The zero-order valence-electron chi connectivity index (χ0n) is 12.7. The number of pyridine rings is 1. The van der Waals surface area contributed by atoms with Crippen molar-refractivity contribution in [3.05, 3.63) is 24.4 Å². The molecule has 0 radical (unpaired) electrons. The number of piperidine rings is 1. The van der Waals surface area contributed by atoms with Crippen molar-refractivity contribution in [2.45, 2.75) is 30.3 Å². The van der Waals surface area contributed by atoms with Crippen LogP contribution < -0.4 is 5.32 Å². The first kappa shape index (κ1) is 15.3. The van der Waals surface area contributed by atoms with E-state index in [4.69, 9.17) is 0 Å². The SMILES string of the molecule is CN(C(=O)CSc1ccccn1)[C@H]1C[C@H]2CC(=O)NC[C@H]2C1. The van der Waals surface area contributed by atoms with Crippen molar-refractivity contribution in [2.75, 3.05) is 19.3 Å². The Hall–Kier alpha value is -1.56. The minimum absolute atomic E-state index is 0.138. The number of fused-ring (bicyclic) bond motifs is 1. The Kier molecular flexibility index (Phi) is 4.66. The molecule has 2 fully saturated rings. The number of amides is 2. The second-order valence-electron chi connectivity index (χ2n) is 6.11. The number of aromatic nitrogens is 1. The lowest BCUT2D eigenvalue weighted by molar-refractivity contribution is -0.129. The molecule has 1 aromatic rings. The molecule has 6 heteroatoms. The molecule has 1 N–H and O–H groups in total. The molecule has 2 aliphatic rings. The van der Waals surface area contributed by atoms with Crippen LogP contribution in [0.1, 0.15) is 19.3 Å². The van der Waals surface area contributed by atoms with Gasteiger partial charge in [0.15, 0.2) is 0 Å². The van der Waals surface area contributed by atoms with Crippen LogP contribution in [-0.4, -0.2) is 47.1 Å². The highest BCUT2D eigenvalue weighted by atomic mass is 32.2. The van der Waals surface area contributed by atoms with Crippen LogP contribution in [0.25, 0.3) is 0 Å². The summed E-state index contributed by atoms with van der Waals surface area (Å²) in [5, 5.41) is 3.81. The number of carbonyl (C=O) groups is 2. The van der Waals surface area contributed by atoms with Crippen molar-refractivity contribution in [3.8, 4) is 0 Å². The van der Waals surface area contributed by atoms with Crippen molar-refractivity contribution >= 4 is 23.6 Å². The average molecular weight is 319 g/mol. The van der Waals surface area contributed by atoms with E-state index >= 15 is 0 Å². The van der Waals surface area contributed by atoms with E-state index in [1.165, 1.54) is 11.8 Å². The Bertz CT molecular complexity index is 552. The van der Waals surface area contributed by atoms with Crippen molar-refractivity contribution in [1.29, 1.82) is 0 Å². The molecule has 118 valence electrons. The standard InChI is InChI=1S/C16H21N3O2S/c1-19(16(21)10-22-15-4-2-3-5-17-15)13-6-11-8-14(20)18-9-12(11)7-13/h2-5,11-13H,6-10H2,1H3,(H,18,20)/t11-,12+,13-/m0/s1. The summed E-state index contributed by atoms with van der Waals surface area (Å²) in [4.78, 5) is 29.9. The first-order valence-corrected chi connectivity index (χ1v) is 8.68. The molecule has 2 heterocycles. The van der Waals surface area contributed by atoms with Crippen molar-refractivity contribution in [3.63, 3.8) is 0 Å². The molecule has 3 atom stereocenters. The van der Waals surface area contributed by atoms with Gasteiger partial charge in [-0.2, -0.15) is 0 Å². The highest BCUT2D eigenvalue weighted by Gasteiger charge is 2.40. The molecular formula is C16H21N3O2S. The van der Waals surface area contributed by atoms with Crippen LogP contribution in [0.5, 0.6) is 0 Å². The van der Waals surface area contributed by atoms with E-state index in [1.807, 2.05) is 30.1 Å². The van der Waals surface area contributed by atoms with Crippen molar-refractivity contribution < 1.29 is 9.59 Å². The smallest absolute Gasteiger partial charge is 0.232 e. The van der Waals surface area contributed by atoms with Crippen LogP contribution in [-0.2, 0) is 9.59 Å². The topological polar surface area (TPSA) is 62.3 Å². The van der Waals surface area contributed by atoms with Crippen molar-refractivity contribution in [2.24, 2.45) is 11.8 Å². The Morgan fingerprint density at radius 2 is 2.23 bits per heavy atom. The van der Waals surface area contributed by atoms with E-state index in [-0.39, 0.29) is 17.9 Å². The zero-order chi connectivity index (χ0) is 15.5. The lowest BCUT2D eigenvalue weighted by atomic mass is 9.89. The largest absolute Gasteiger partial charge is 0.356 e. The number of hydrogen-bond donors (Lipinski definition) is 1. The molecule has 1 aliphatic carbocycles. The van der Waals surface area contributed by atoms with Gasteiger partial charge in [-0.25, -0.2) is 4.98 Å². The van der Waals surface area contributed by atoms with Gasteiger partial charge in [0.1, 0.15) is 0 Å². The van der Waals surface area contributed by atoms with Gasteiger partial charge in [0.25, 0.3) is 0 Å². The van der Waals surface area contributed by atoms with E-state index < -0.39 is 0 Å². The number of nitrogens with one attached hydrogen (secondary N) is 1. The molecule has 1 aliphatic heterocycles. The minimum atomic E-state index is 0.138. The van der Waals surface area contributed by atoms with Gasteiger partial charge in [0, 0.05) is 32.3 Å². The van der Waals surface area contributed by atoms with Gasteiger partial charge in [0.2, 0.25) is 11.8 Å². The van der Waals surface area contributed by atoms with Gasteiger partial charge in [0.05, 0.1) is 10.8 Å². The highest BCUT2D eigenvalue weighted by Crippen LogP contribution is 2.38. The summed E-state index contributed by atoms with van der Waals surface area (Å²) < 4.78 is 0. The third-order valence-electron chi connectivity index (χ3n) is 4.75. The summed E-state index contributed by atoms with van der Waals surface area (Å²) in [5.74, 6) is 1.68. The first-order chi connectivity index (χ1) is 10.6.